The van der Waals surface area contributed by atoms with Gasteiger partial charge in [0.05, 0.1) is 0 Å². The largest absolute Gasteiger partial charge is 0.169 e. The van der Waals surface area contributed by atoms with E-state index in [0.29, 0.717) is 5.57 Å². The molecule has 0 saturated carbocycles. The van der Waals surface area contributed by atoms with Crippen LogP contribution in [0.5, 0.6) is 0 Å². The van der Waals surface area contributed by atoms with Crippen LogP contribution in [0, 0.1) is 38.3 Å². The average molecular weight is 272 g/mol. The molecule has 0 unspecified atom stereocenters. The van der Waals surface area contributed by atoms with E-state index in [1.807, 2.05) is 0 Å². The zero-order valence-corrected chi connectivity index (χ0v) is 12.7. The Bertz CT molecular complexity index is 589. The van der Waals surface area contributed by atoms with Crippen molar-refractivity contribution in [3.63, 3.8) is 0 Å². The molecule has 2 rings (SSSR count). The van der Waals surface area contributed by atoms with Crippen molar-refractivity contribution < 1.29 is 0 Å². The molecule has 2 radical (unpaired) electrons. The van der Waals surface area contributed by atoms with E-state index < -0.39 is 0 Å². The summed E-state index contributed by atoms with van der Waals surface area (Å²) < 4.78 is 0. The van der Waals surface area contributed by atoms with Crippen LogP contribution in [0.2, 0.25) is 0 Å². The van der Waals surface area contributed by atoms with Gasteiger partial charge >= 0.3 is 0 Å². The maximum absolute atomic E-state index is 4.86. The number of terminal acetylenes is 2. The third-order valence-corrected chi connectivity index (χ3v) is 2.75. The maximum atomic E-state index is 4.86. The van der Waals surface area contributed by atoms with Gasteiger partial charge in [0.25, 0.3) is 0 Å². The number of benzene rings is 1. The molecule has 1 heteroatoms. The highest BCUT2D eigenvalue weighted by molar-refractivity contribution is 6.71. The second-order valence-corrected chi connectivity index (χ2v) is 4.45. The van der Waals surface area contributed by atoms with Crippen molar-refractivity contribution in [1.29, 1.82) is 0 Å². The standard InChI is InChI=1S/C11H11B.C6H6.C3H4/c1-12(2)11-7-9-5-3-4-6-10(9)8-11;1-4-6(3)5-2;1-3-2/h3-7H,1-2,8H2;1,5H,2-3H2;1H,2H3. The van der Waals surface area contributed by atoms with Crippen LogP contribution in [0.3, 0.4) is 0 Å². The first-order valence-electron chi connectivity index (χ1n) is 6.59. The van der Waals surface area contributed by atoms with Crippen LogP contribution in [0.1, 0.15) is 18.1 Å². The Hall–Kier alpha value is -2.38. The van der Waals surface area contributed by atoms with E-state index in [-0.39, 0.29) is 6.71 Å². The number of hydrogen-bond acceptors (Lipinski definition) is 0. The quantitative estimate of drug-likeness (QED) is 0.425. The molecule has 0 heterocycles. The van der Waals surface area contributed by atoms with Crippen LogP contribution in [0.4, 0.5) is 0 Å². The zero-order valence-electron chi connectivity index (χ0n) is 12.7. The average Bonchev–Trinajstić information content (AvgIpc) is 2.92. The van der Waals surface area contributed by atoms with Crippen molar-refractivity contribution in [2.45, 2.75) is 13.3 Å². The summed E-state index contributed by atoms with van der Waals surface area (Å²) in [6.07, 6.45) is 14.2. The first-order chi connectivity index (χ1) is 9.99. The van der Waals surface area contributed by atoms with Gasteiger partial charge in [0.2, 0.25) is 0 Å². The fourth-order valence-corrected chi connectivity index (χ4v) is 1.63. The van der Waals surface area contributed by atoms with Crippen molar-refractivity contribution in [2.24, 2.45) is 0 Å². The fraction of sp³-hybridized carbons (Fsp3) is 0.100. The van der Waals surface area contributed by atoms with Crippen LogP contribution < -0.4 is 0 Å². The Morgan fingerprint density at radius 2 is 1.86 bits per heavy atom. The number of fused-ring (bicyclic) bond motifs is 1. The topological polar surface area (TPSA) is 0 Å². The molecule has 0 aliphatic heterocycles. The molecule has 0 fully saturated rings. The lowest BCUT2D eigenvalue weighted by Gasteiger charge is -2.00. The van der Waals surface area contributed by atoms with E-state index in [2.05, 4.69) is 75.4 Å². The molecule has 0 bridgehead atoms. The molecule has 0 N–H and O–H groups in total. The molecule has 0 amide bonds. The van der Waals surface area contributed by atoms with Gasteiger partial charge in [-0.2, -0.15) is 0 Å². The van der Waals surface area contributed by atoms with Gasteiger partial charge in [0, 0.05) is 5.57 Å². The highest BCUT2D eigenvalue weighted by atomic mass is 14.1. The van der Waals surface area contributed by atoms with Crippen LogP contribution in [0.15, 0.2) is 54.5 Å². The molecule has 1 aliphatic rings. The molecule has 104 valence electrons. The van der Waals surface area contributed by atoms with Gasteiger partial charge in [-0.3, -0.25) is 0 Å². The Kier molecular flexibility index (Phi) is 9.24. The number of hydrogen-bond donors (Lipinski definition) is 0. The van der Waals surface area contributed by atoms with Gasteiger partial charge < -0.3 is 0 Å². The number of rotatable bonds is 2. The van der Waals surface area contributed by atoms with E-state index in [1.165, 1.54) is 16.6 Å². The van der Waals surface area contributed by atoms with E-state index in [4.69, 9.17) is 6.42 Å². The van der Waals surface area contributed by atoms with E-state index in [1.54, 1.807) is 13.0 Å². The summed E-state index contributed by atoms with van der Waals surface area (Å²) in [5.41, 5.74) is 4.72. The van der Waals surface area contributed by atoms with E-state index >= 15 is 0 Å². The molecule has 0 spiro atoms. The molecule has 0 saturated heterocycles. The number of allylic oxidation sites excluding steroid dienone is 3. The maximum Gasteiger partial charge on any atom is 0.169 e. The summed E-state index contributed by atoms with van der Waals surface area (Å²) in [6, 6.07) is 8.46. The minimum atomic E-state index is 0.192. The lowest BCUT2D eigenvalue weighted by molar-refractivity contribution is 1.28. The van der Waals surface area contributed by atoms with Crippen molar-refractivity contribution in [3.05, 3.63) is 79.3 Å². The summed E-state index contributed by atoms with van der Waals surface area (Å²) in [5.74, 6) is 4.55. The predicted molar refractivity (Wildman–Crippen MR) is 97.3 cm³/mol. The molecule has 0 aromatic heterocycles. The third-order valence-electron chi connectivity index (χ3n) is 2.75. The van der Waals surface area contributed by atoms with E-state index in [9.17, 15) is 0 Å². The lowest BCUT2D eigenvalue weighted by Crippen LogP contribution is -2.06. The molecular weight excluding hydrogens is 251 g/mol. The molecule has 0 atom stereocenters. The Labute approximate surface area is 130 Å². The highest BCUT2D eigenvalue weighted by Gasteiger charge is 2.15. The highest BCUT2D eigenvalue weighted by Crippen LogP contribution is 2.25. The van der Waals surface area contributed by atoms with Crippen LogP contribution in [-0.4, -0.2) is 6.71 Å². The van der Waals surface area contributed by atoms with Gasteiger partial charge in [-0.1, -0.05) is 74.6 Å². The molecule has 1 aliphatic carbocycles. The Balaban J connectivity index is 0.000000378. The summed E-state index contributed by atoms with van der Waals surface area (Å²) in [4.78, 5) is 0. The first-order valence-corrected chi connectivity index (χ1v) is 6.59. The predicted octanol–water partition coefficient (Wildman–Crippen LogP) is 4.41. The Morgan fingerprint density at radius 3 is 2.24 bits per heavy atom. The molecule has 21 heavy (non-hydrogen) atoms. The van der Waals surface area contributed by atoms with Crippen molar-refractivity contribution in [2.75, 3.05) is 0 Å². The second-order valence-electron chi connectivity index (χ2n) is 4.45. The minimum absolute atomic E-state index is 0.192. The molecule has 1 aromatic carbocycles. The summed E-state index contributed by atoms with van der Waals surface area (Å²) in [6.45, 7) is 16.5. The van der Waals surface area contributed by atoms with E-state index in [0.717, 1.165) is 6.42 Å². The lowest BCUT2D eigenvalue weighted by atomic mass is 9.48. The summed E-state index contributed by atoms with van der Waals surface area (Å²) >= 11 is 0. The van der Waals surface area contributed by atoms with Crippen LogP contribution in [-0.2, 0) is 6.42 Å². The monoisotopic (exact) mass is 272 g/mol. The van der Waals surface area contributed by atoms with Crippen LogP contribution in [0.25, 0.3) is 6.08 Å². The minimum Gasteiger partial charge on any atom is -0.120 e. The zero-order chi connectivity index (χ0) is 16.3. The molecule has 0 nitrogen and oxygen atoms in total. The molecule has 1 aromatic rings. The smallest absolute Gasteiger partial charge is 0.120 e. The van der Waals surface area contributed by atoms with Gasteiger partial charge in [-0.05, 0) is 24.5 Å². The SMILES string of the molecule is C#CC.C#CC(=C)C=C.[CH2]B([CH2])C1=Cc2ccccc2C1. The summed E-state index contributed by atoms with van der Waals surface area (Å²) in [5, 5.41) is 0. The van der Waals surface area contributed by atoms with Crippen LogP contribution >= 0.6 is 0 Å². The normalized spacial score (nSPS) is 10.0. The molecular formula is C20H21B. The fourth-order valence-electron chi connectivity index (χ4n) is 1.63. The van der Waals surface area contributed by atoms with Crippen molar-refractivity contribution >= 4 is 12.8 Å². The van der Waals surface area contributed by atoms with Crippen molar-refractivity contribution in [3.8, 4) is 24.7 Å². The second kappa shape index (κ2) is 10.4. The van der Waals surface area contributed by atoms with Gasteiger partial charge in [0.15, 0.2) is 6.71 Å². The van der Waals surface area contributed by atoms with Crippen molar-refractivity contribution in [1.82, 2.24) is 0 Å². The third kappa shape index (κ3) is 7.10. The Morgan fingerprint density at radius 1 is 1.29 bits per heavy atom. The first kappa shape index (κ1) is 18.6. The van der Waals surface area contributed by atoms with Gasteiger partial charge in [0.1, 0.15) is 0 Å². The van der Waals surface area contributed by atoms with Gasteiger partial charge in [-0.15, -0.1) is 18.8 Å². The van der Waals surface area contributed by atoms with Gasteiger partial charge in [-0.25, -0.2) is 0 Å². The summed E-state index contributed by atoms with van der Waals surface area (Å²) in [7, 11) is 0.